The quantitative estimate of drug-likeness (QED) is 0.271. The average molecular weight is 186 g/mol. The van der Waals surface area contributed by atoms with E-state index in [1.807, 2.05) is 0 Å². The van der Waals surface area contributed by atoms with Crippen molar-refractivity contribution in [1.82, 2.24) is 0 Å². The maximum absolute atomic E-state index is 10.3. The van der Waals surface area contributed by atoms with Gasteiger partial charge in [0.1, 0.15) is 0 Å². The van der Waals surface area contributed by atoms with Gasteiger partial charge in [-0.25, -0.2) is 9.47 Å². The van der Waals surface area contributed by atoms with Crippen molar-refractivity contribution in [3.8, 4) is 0 Å². The van der Waals surface area contributed by atoms with Crippen LogP contribution in [-0.4, -0.2) is 20.9 Å². The molecule has 0 radical (unpaired) electrons. The lowest BCUT2D eigenvalue weighted by Gasteiger charge is -1.91. The molecule has 0 rings (SSSR count). The second kappa shape index (κ2) is 5.62. The second-order valence-electron chi connectivity index (χ2n) is 0.993. The minimum Gasteiger partial charge on any atom is -0.378 e. The number of amidine groups is 1. The van der Waals surface area contributed by atoms with Crippen LogP contribution >= 0.6 is 11.8 Å². The van der Waals surface area contributed by atoms with Gasteiger partial charge in [0.05, 0.1) is 0 Å². The molecule has 1 atom stereocenters. The molecule has 0 aliphatic rings. The minimum absolute atomic E-state index is 0.0791. The molecule has 0 aliphatic carbocycles. The van der Waals surface area contributed by atoms with Gasteiger partial charge in [-0.15, -0.1) is 4.40 Å². The van der Waals surface area contributed by atoms with Gasteiger partial charge in [-0.2, -0.15) is 0 Å². The summed E-state index contributed by atoms with van der Waals surface area (Å²) in [6.45, 7) is 0. The molecule has 0 saturated heterocycles. The zero-order valence-corrected chi connectivity index (χ0v) is 6.65. The Morgan fingerprint density at radius 1 is 1.90 bits per heavy atom. The van der Waals surface area contributed by atoms with Crippen LogP contribution in [0, 0.1) is 0 Å². The van der Waals surface area contributed by atoms with E-state index in [1.54, 1.807) is 6.26 Å². The van der Waals surface area contributed by atoms with E-state index in [1.165, 1.54) is 0 Å². The lowest BCUT2D eigenvalue weighted by molar-refractivity contribution is -0.435. The number of nitrogens with zero attached hydrogens (tertiary/aromatic N) is 1. The molecule has 10 heavy (non-hydrogen) atoms. The number of nitrogens with two attached hydrogens (primary N) is 1. The first-order valence-corrected chi connectivity index (χ1v) is 4.25. The number of thioether (sulfide) groups is 1. The number of hydrogen-bond donors (Lipinski definition) is 2. The van der Waals surface area contributed by atoms with Gasteiger partial charge in [0.25, 0.3) is 0 Å². The number of hydrogen-bond acceptors (Lipinski definition) is 5. The third-order valence-corrected chi connectivity index (χ3v) is 1.61. The van der Waals surface area contributed by atoms with Crippen molar-refractivity contribution in [2.24, 2.45) is 10.1 Å². The molecule has 0 bridgehead atoms. The monoisotopic (exact) mass is 186 g/mol. The Bertz CT molecular complexity index is 148. The summed E-state index contributed by atoms with van der Waals surface area (Å²) in [6, 6.07) is 0. The topological polar surface area (TPSA) is 94.1 Å². The Kier molecular flexibility index (Phi) is 5.54. The molecule has 3 N–H and O–H groups in total. The zero-order chi connectivity index (χ0) is 7.98. The predicted octanol–water partition coefficient (Wildman–Crippen LogP) is -0.336. The van der Waals surface area contributed by atoms with Crippen molar-refractivity contribution >= 4 is 28.2 Å². The van der Waals surface area contributed by atoms with Crippen LogP contribution in [-0.2, 0) is 20.6 Å². The normalized spacial score (nSPS) is 15.2. The van der Waals surface area contributed by atoms with Crippen molar-refractivity contribution < 1.29 is 18.8 Å². The van der Waals surface area contributed by atoms with Crippen LogP contribution < -0.4 is 5.73 Å². The third kappa shape index (κ3) is 4.70. The van der Waals surface area contributed by atoms with Crippen LogP contribution in [0.4, 0.5) is 0 Å². The van der Waals surface area contributed by atoms with E-state index in [4.69, 9.17) is 11.0 Å². The van der Waals surface area contributed by atoms with Crippen molar-refractivity contribution in [1.29, 1.82) is 0 Å². The van der Waals surface area contributed by atoms with E-state index >= 15 is 0 Å². The van der Waals surface area contributed by atoms with Crippen LogP contribution in [0.3, 0.4) is 0 Å². The van der Waals surface area contributed by atoms with E-state index < -0.39 is 11.3 Å². The molecule has 0 heterocycles. The maximum atomic E-state index is 10.3. The molecule has 0 aromatic carbocycles. The molecular weight excluding hydrogens is 180 g/mol. The van der Waals surface area contributed by atoms with E-state index in [9.17, 15) is 4.21 Å². The van der Waals surface area contributed by atoms with Crippen LogP contribution in [0.1, 0.15) is 0 Å². The Labute approximate surface area is 64.1 Å². The molecule has 0 aromatic rings. The predicted molar refractivity (Wildman–Crippen MR) is 38.1 cm³/mol. The number of rotatable bonds is 3. The first-order valence-electron chi connectivity index (χ1n) is 1.99. The van der Waals surface area contributed by atoms with Gasteiger partial charge >= 0.3 is 11.3 Å². The Balaban J connectivity index is 3.75. The molecular formula is C2H6N2O4S2. The summed E-state index contributed by atoms with van der Waals surface area (Å²) in [6.07, 6.45) is 1.65. The van der Waals surface area contributed by atoms with Gasteiger partial charge in [0.15, 0.2) is 5.17 Å². The highest BCUT2D eigenvalue weighted by Gasteiger charge is 1.97. The molecule has 6 nitrogen and oxygen atoms in total. The molecule has 1 unspecified atom stereocenters. The lowest BCUT2D eigenvalue weighted by Crippen LogP contribution is -2.07. The zero-order valence-electron chi connectivity index (χ0n) is 5.01. The van der Waals surface area contributed by atoms with Gasteiger partial charge in [-0.3, -0.25) is 0 Å². The standard InChI is InChI=1S/C2H6N2O4S2/c1-9-2(3)4-10(6)8-7-5/h5H,1H3,(H2,3,4). The first kappa shape index (κ1) is 9.85. The molecule has 0 spiro atoms. The molecule has 0 fully saturated rings. The van der Waals surface area contributed by atoms with E-state index in [0.29, 0.717) is 0 Å². The van der Waals surface area contributed by atoms with E-state index in [0.717, 1.165) is 11.8 Å². The highest BCUT2D eigenvalue weighted by molar-refractivity contribution is 8.13. The van der Waals surface area contributed by atoms with Crippen LogP contribution in [0.15, 0.2) is 4.40 Å². The summed E-state index contributed by atoms with van der Waals surface area (Å²) < 4.78 is 17.2. The fourth-order valence-corrected chi connectivity index (χ4v) is 0.862. The second-order valence-corrected chi connectivity index (χ2v) is 2.57. The van der Waals surface area contributed by atoms with Crippen molar-refractivity contribution in [3.63, 3.8) is 0 Å². The molecule has 8 heteroatoms. The van der Waals surface area contributed by atoms with Gasteiger partial charge in [0.2, 0.25) is 0 Å². The van der Waals surface area contributed by atoms with Crippen molar-refractivity contribution in [2.45, 2.75) is 0 Å². The Morgan fingerprint density at radius 3 is 2.90 bits per heavy atom. The first-order chi connectivity index (χ1) is 4.70. The van der Waals surface area contributed by atoms with Gasteiger partial charge in [-0.1, -0.05) is 21.1 Å². The van der Waals surface area contributed by atoms with Crippen LogP contribution in [0.5, 0.6) is 0 Å². The van der Waals surface area contributed by atoms with Crippen LogP contribution in [0.25, 0.3) is 0 Å². The van der Waals surface area contributed by atoms with Crippen molar-refractivity contribution in [2.75, 3.05) is 6.26 Å². The van der Waals surface area contributed by atoms with Gasteiger partial charge in [-0.05, 0) is 6.26 Å². The highest BCUT2D eigenvalue weighted by Crippen LogP contribution is 1.95. The fraction of sp³-hybridized carbons (Fsp3) is 0.500. The molecule has 0 aliphatic heterocycles. The largest absolute Gasteiger partial charge is 0.378 e. The van der Waals surface area contributed by atoms with Crippen molar-refractivity contribution in [3.05, 3.63) is 0 Å². The summed E-state index contributed by atoms with van der Waals surface area (Å²) >= 11 is -0.984. The molecule has 0 saturated carbocycles. The fourth-order valence-electron chi connectivity index (χ4n) is 0.152. The summed E-state index contributed by atoms with van der Waals surface area (Å²) in [5.74, 6) is 0. The summed E-state index contributed by atoms with van der Waals surface area (Å²) in [5.41, 5.74) is 5.11. The maximum Gasteiger partial charge on any atom is 0.318 e. The summed E-state index contributed by atoms with van der Waals surface area (Å²) in [7, 11) is 0. The van der Waals surface area contributed by atoms with Crippen LogP contribution in [0.2, 0.25) is 0 Å². The smallest absolute Gasteiger partial charge is 0.318 e. The minimum atomic E-state index is -2.08. The SMILES string of the molecule is CS/C(N)=N\S(=O)OOO. The highest BCUT2D eigenvalue weighted by atomic mass is 32.2. The van der Waals surface area contributed by atoms with Gasteiger partial charge in [0, 0.05) is 0 Å². The van der Waals surface area contributed by atoms with Gasteiger partial charge < -0.3 is 5.73 Å². The Morgan fingerprint density at radius 2 is 2.50 bits per heavy atom. The average Bonchev–Trinajstić information content (AvgIpc) is 1.88. The Hall–Kier alpha value is -0.150. The van der Waals surface area contributed by atoms with E-state index in [-0.39, 0.29) is 5.17 Å². The molecule has 60 valence electrons. The molecule has 0 amide bonds. The van der Waals surface area contributed by atoms with E-state index in [2.05, 4.69) is 13.8 Å². The summed E-state index contributed by atoms with van der Waals surface area (Å²) in [5, 5.41) is 10.7. The molecule has 0 aromatic heterocycles. The lowest BCUT2D eigenvalue weighted by atomic mass is 11.4. The third-order valence-electron chi connectivity index (χ3n) is 0.462. The summed E-state index contributed by atoms with van der Waals surface area (Å²) in [4.78, 5) is 0.